The monoisotopic (exact) mass is 526 g/mol. The molecule has 10 nitrogen and oxygen atoms in total. The van der Waals surface area contributed by atoms with Crippen LogP contribution in [0.15, 0.2) is 54.6 Å². The first-order valence-corrected chi connectivity index (χ1v) is 12.6. The lowest BCUT2D eigenvalue weighted by Gasteiger charge is -2.28. The van der Waals surface area contributed by atoms with Gasteiger partial charge in [-0.3, -0.25) is 14.4 Å². The van der Waals surface area contributed by atoms with Gasteiger partial charge in [0.2, 0.25) is 17.7 Å². The summed E-state index contributed by atoms with van der Waals surface area (Å²) in [5.41, 5.74) is 7.57. The number of rotatable bonds is 13. The molecule has 0 spiro atoms. The van der Waals surface area contributed by atoms with Crippen molar-refractivity contribution in [3.63, 3.8) is 0 Å². The van der Waals surface area contributed by atoms with Crippen LogP contribution in [0.1, 0.15) is 38.8 Å². The van der Waals surface area contributed by atoms with Gasteiger partial charge in [0.1, 0.15) is 23.9 Å². The normalized spacial score (nSPS) is 14.3. The average Bonchev–Trinajstić information content (AvgIpc) is 2.86. The highest BCUT2D eigenvalue weighted by Crippen LogP contribution is 2.13. The summed E-state index contributed by atoms with van der Waals surface area (Å²) in [5.74, 6) is -3.59. The third-order valence-electron chi connectivity index (χ3n) is 6.12. The lowest BCUT2D eigenvalue weighted by Crippen LogP contribution is -2.59. The fourth-order valence-electron chi connectivity index (χ4n) is 3.86. The molecule has 38 heavy (non-hydrogen) atoms. The molecule has 4 atom stereocenters. The Labute approximate surface area is 223 Å². The van der Waals surface area contributed by atoms with E-state index >= 15 is 0 Å². The summed E-state index contributed by atoms with van der Waals surface area (Å²) in [5, 5.41) is 27.0. The number of benzene rings is 2. The number of aliphatic carboxylic acids is 1. The van der Waals surface area contributed by atoms with Gasteiger partial charge in [-0.1, -0.05) is 70.2 Å². The Morgan fingerprint density at radius 3 is 1.68 bits per heavy atom. The van der Waals surface area contributed by atoms with Crippen LogP contribution in [0, 0.1) is 11.8 Å². The average molecular weight is 527 g/mol. The molecule has 2 rings (SSSR count). The molecule has 7 N–H and O–H groups in total. The zero-order valence-corrected chi connectivity index (χ0v) is 22.2. The standard InChI is InChI=1S/C28H38N4O6/c1-16(2)23(26(35)30-22(28(37)38)15-19-10-12-20(33)13-11-19)32-27(36)24(17(3)4)31-25(34)21(29)14-18-8-6-5-7-9-18/h5-13,16-17,21-24,33H,14-15,29H2,1-4H3,(H,30,35)(H,31,34)(H,32,36)(H,37,38)/t21-,22+,23-,24+/m1/s1. The summed E-state index contributed by atoms with van der Waals surface area (Å²) < 4.78 is 0. The zero-order valence-electron chi connectivity index (χ0n) is 22.2. The van der Waals surface area contributed by atoms with Gasteiger partial charge in [-0.05, 0) is 41.5 Å². The van der Waals surface area contributed by atoms with Crippen molar-refractivity contribution in [3.8, 4) is 5.75 Å². The fourth-order valence-corrected chi connectivity index (χ4v) is 3.86. The van der Waals surface area contributed by atoms with Crippen LogP contribution in [0.5, 0.6) is 5.75 Å². The summed E-state index contributed by atoms with van der Waals surface area (Å²) >= 11 is 0. The minimum absolute atomic E-state index is 0.00983. The van der Waals surface area contributed by atoms with Crippen molar-refractivity contribution >= 4 is 23.7 Å². The van der Waals surface area contributed by atoms with Gasteiger partial charge in [-0.15, -0.1) is 0 Å². The van der Waals surface area contributed by atoms with Gasteiger partial charge in [0.25, 0.3) is 0 Å². The summed E-state index contributed by atoms with van der Waals surface area (Å²) in [6.07, 6.45) is 0.290. The highest BCUT2D eigenvalue weighted by Gasteiger charge is 2.33. The molecule has 3 amide bonds. The molecule has 0 unspecified atom stereocenters. The number of carboxylic acids is 1. The number of carboxylic acid groups (broad SMARTS) is 1. The first-order valence-electron chi connectivity index (χ1n) is 12.6. The van der Waals surface area contributed by atoms with Crippen LogP contribution >= 0.6 is 0 Å². The molecule has 0 fully saturated rings. The van der Waals surface area contributed by atoms with Gasteiger partial charge < -0.3 is 31.9 Å². The fraction of sp³-hybridized carbons (Fsp3) is 0.429. The Morgan fingerprint density at radius 2 is 1.18 bits per heavy atom. The van der Waals surface area contributed by atoms with Crippen LogP contribution in [0.3, 0.4) is 0 Å². The Hall–Kier alpha value is -3.92. The van der Waals surface area contributed by atoms with E-state index in [1.54, 1.807) is 39.8 Å². The minimum Gasteiger partial charge on any atom is -0.508 e. The van der Waals surface area contributed by atoms with E-state index in [-0.39, 0.29) is 24.0 Å². The maximum atomic E-state index is 13.2. The van der Waals surface area contributed by atoms with Crippen LogP contribution in [0.2, 0.25) is 0 Å². The predicted molar refractivity (Wildman–Crippen MR) is 143 cm³/mol. The Bertz CT molecular complexity index is 1090. The number of nitrogens with one attached hydrogen (secondary N) is 3. The van der Waals surface area contributed by atoms with Gasteiger partial charge >= 0.3 is 5.97 Å². The molecular weight excluding hydrogens is 488 g/mol. The first-order chi connectivity index (χ1) is 17.9. The number of phenols is 1. The first kappa shape index (κ1) is 30.3. The van der Waals surface area contributed by atoms with Crippen LogP contribution in [-0.4, -0.2) is 58.1 Å². The number of carbonyl (C=O) groups excluding carboxylic acids is 3. The highest BCUT2D eigenvalue weighted by molar-refractivity contribution is 5.94. The maximum absolute atomic E-state index is 13.2. The van der Waals surface area contributed by atoms with E-state index < -0.39 is 47.9 Å². The van der Waals surface area contributed by atoms with Crippen molar-refractivity contribution in [2.45, 2.75) is 64.7 Å². The second kappa shape index (κ2) is 14.1. The smallest absolute Gasteiger partial charge is 0.326 e. The second-order valence-corrected chi connectivity index (χ2v) is 10.0. The maximum Gasteiger partial charge on any atom is 0.326 e. The molecule has 2 aromatic carbocycles. The Balaban J connectivity index is 2.07. The van der Waals surface area contributed by atoms with Crippen molar-refractivity contribution in [1.82, 2.24) is 16.0 Å². The number of carbonyl (C=O) groups is 4. The van der Waals surface area contributed by atoms with E-state index in [0.717, 1.165) is 5.56 Å². The third kappa shape index (κ3) is 9.19. The molecule has 0 heterocycles. The molecule has 0 saturated carbocycles. The van der Waals surface area contributed by atoms with Crippen molar-refractivity contribution in [3.05, 3.63) is 65.7 Å². The molecule has 10 heteroatoms. The summed E-state index contributed by atoms with van der Waals surface area (Å²) in [4.78, 5) is 50.8. The van der Waals surface area contributed by atoms with Crippen LogP contribution < -0.4 is 21.7 Å². The highest BCUT2D eigenvalue weighted by atomic mass is 16.4. The van der Waals surface area contributed by atoms with E-state index in [9.17, 15) is 29.4 Å². The molecule has 0 bridgehead atoms. The summed E-state index contributed by atoms with van der Waals surface area (Å²) in [6, 6.07) is 11.2. The summed E-state index contributed by atoms with van der Waals surface area (Å²) in [7, 11) is 0. The quantitative estimate of drug-likeness (QED) is 0.229. The van der Waals surface area contributed by atoms with Crippen molar-refractivity contribution in [1.29, 1.82) is 0 Å². The molecular formula is C28H38N4O6. The topological polar surface area (TPSA) is 171 Å². The lowest BCUT2D eigenvalue weighted by atomic mass is 9.98. The number of phenolic OH excluding ortho intramolecular Hbond substituents is 1. The second-order valence-electron chi connectivity index (χ2n) is 10.0. The van der Waals surface area contributed by atoms with Gasteiger partial charge in [0, 0.05) is 6.42 Å². The molecule has 0 aliphatic carbocycles. The van der Waals surface area contributed by atoms with Crippen molar-refractivity contribution < 1.29 is 29.4 Å². The van der Waals surface area contributed by atoms with E-state index in [2.05, 4.69) is 16.0 Å². The summed E-state index contributed by atoms with van der Waals surface area (Å²) in [6.45, 7) is 6.96. The molecule has 0 radical (unpaired) electrons. The van der Waals surface area contributed by atoms with Crippen LogP contribution in [0.25, 0.3) is 0 Å². The molecule has 0 aliphatic heterocycles. The number of hydrogen-bond donors (Lipinski definition) is 6. The molecule has 0 aliphatic rings. The SMILES string of the molecule is CC(C)[C@H](NC(=O)[C@H](N)Cc1ccccc1)C(=O)N[C@@H](C(=O)N[C@@H](Cc1ccc(O)cc1)C(=O)O)C(C)C. The number of hydrogen-bond acceptors (Lipinski definition) is 6. The predicted octanol–water partition coefficient (Wildman–Crippen LogP) is 1.36. The molecule has 2 aromatic rings. The van der Waals surface area contributed by atoms with Gasteiger partial charge in [-0.2, -0.15) is 0 Å². The van der Waals surface area contributed by atoms with E-state index in [4.69, 9.17) is 5.73 Å². The molecule has 0 aromatic heterocycles. The Kier molecular flexibility index (Phi) is 11.3. The van der Waals surface area contributed by atoms with Crippen LogP contribution in [0.4, 0.5) is 0 Å². The number of nitrogens with two attached hydrogens (primary N) is 1. The molecule has 0 saturated heterocycles. The van der Waals surface area contributed by atoms with Gasteiger partial charge in [0.15, 0.2) is 0 Å². The van der Waals surface area contributed by atoms with Gasteiger partial charge in [-0.25, -0.2) is 4.79 Å². The Morgan fingerprint density at radius 1 is 0.711 bits per heavy atom. The van der Waals surface area contributed by atoms with Crippen LogP contribution in [-0.2, 0) is 32.0 Å². The lowest BCUT2D eigenvalue weighted by molar-refractivity contribution is -0.142. The van der Waals surface area contributed by atoms with Crippen molar-refractivity contribution in [2.75, 3.05) is 0 Å². The van der Waals surface area contributed by atoms with E-state index in [1.807, 2.05) is 30.3 Å². The van der Waals surface area contributed by atoms with Gasteiger partial charge in [0.05, 0.1) is 6.04 Å². The van der Waals surface area contributed by atoms with E-state index in [1.165, 1.54) is 12.1 Å². The van der Waals surface area contributed by atoms with E-state index in [0.29, 0.717) is 12.0 Å². The molecule has 206 valence electrons. The minimum atomic E-state index is -1.25. The zero-order chi connectivity index (χ0) is 28.4. The van der Waals surface area contributed by atoms with Crippen molar-refractivity contribution in [2.24, 2.45) is 17.6 Å². The largest absolute Gasteiger partial charge is 0.508 e. The third-order valence-corrected chi connectivity index (χ3v) is 6.12. The number of amides is 3. The number of aromatic hydroxyl groups is 1.